The molecule has 1 aromatic carbocycles. The lowest BCUT2D eigenvalue weighted by atomic mass is 10.0. The van der Waals surface area contributed by atoms with Crippen molar-refractivity contribution in [3.8, 4) is 5.75 Å². The van der Waals surface area contributed by atoms with E-state index < -0.39 is 12.0 Å². The second kappa shape index (κ2) is 9.82. The van der Waals surface area contributed by atoms with Crippen molar-refractivity contribution in [1.29, 1.82) is 0 Å². The van der Waals surface area contributed by atoms with Crippen molar-refractivity contribution < 1.29 is 19.1 Å². The molecule has 5 heteroatoms. The number of carbonyl (C=O) groups excluding carboxylic acids is 2. The summed E-state index contributed by atoms with van der Waals surface area (Å²) in [5, 5.41) is 2.73. The molecule has 0 aliphatic carbocycles. The molecule has 0 spiro atoms. The van der Waals surface area contributed by atoms with Gasteiger partial charge < -0.3 is 14.8 Å². The molecule has 0 saturated heterocycles. The molecule has 0 heterocycles. The lowest BCUT2D eigenvalue weighted by molar-refractivity contribution is -0.145. The standard InChI is InChI=1S/C17H25NO4/c1-13(2)12-15(17(20)21-3)18-16(19)10-7-11-22-14-8-5-4-6-9-14/h4-6,8-9,13,15H,7,10-12H2,1-3H3,(H,18,19). The van der Waals surface area contributed by atoms with Crippen molar-refractivity contribution in [2.75, 3.05) is 13.7 Å². The van der Waals surface area contributed by atoms with E-state index in [-0.39, 0.29) is 5.91 Å². The first-order valence-corrected chi connectivity index (χ1v) is 7.58. The van der Waals surface area contributed by atoms with E-state index in [9.17, 15) is 9.59 Å². The van der Waals surface area contributed by atoms with E-state index in [4.69, 9.17) is 9.47 Å². The summed E-state index contributed by atoms with van der Waals surface area (Å²) in [4.78, 5) is 23.5. The van der Waals surface area contributed by atoms with Gasteiger partial charge in [0.25, 0.3) is 0 Å². The highest BCUT2D eigenvalue weighted by Gasteiger charge is 2.22. The predicted octanol–water partition coefficient (Wildman–Crippen LogP) is 2.55. The Kier molecular flexibility index (Phi) is 8.04. The summed E-state index contributed by atoms with van der Waals surface area (Å²) < 4.78 is 10.2. The topological polar surface area (TPSA) is 64.6 Å². The summed E-state index contributed by atoms with van der Waals surface area (Å²) >= 11 is 0. The first kappa shape index (κ1) is 18.0. The molecular formula is C17H25NO4. The molecule has 122 valence electrons. The lowest BCUT2D eigenvalue weighted by Crippen LogP contribution is -2.42. The summed E-state index contributed by atoms with van der Waals surface area (Å²) in [5.74, 6) is 0.524. The van der Waals surface area contributed by atoms with Gasteiger partial charge in [-0.1, -0.05) is 32.0 Å². The van der Waals surface area contributed by atoms with E-state index in [2.05, 4.69) is 5.32 Å². The van der Waals surface area contributed by atoms with Crippen LogP contribution in [0.1, 0.15) is 33.1 Å². The molecule has 1 rings (SSSR count). The molecule has 0 fully saturated rings. The molecule has 0 aliphatic heterocycles. The van der Waals surface area contributed by atoms with Crippen molar-refractivity contribution in [2.45, 2.75) is 39.2 Å². The van der Waals surface area contributed by atoms with Gasteiger partial charge in [-0.2, -0.15) is 0 Å². The van der Waals surface area contributed by atoms with Gasteiger partial charge in [-0.3, -0.25) is 4.79 Å². The molecule has 5 nitrogen and oxygen atoms in total. The van der Waals surface area contributed by atoms with Crippen LogP contribution < -0.4 is 10.1 Å². The van der Waals surface area contributed by atoms with Gasteiger partial charge in [0.15, 0.2) is 0 Å². The van der Waals surface area contributed by atoms with Gasteiger partial charge in [0.1, 0.15) is 11.8 Å². The molecule has 0 saturated carbocycles. The molecule has 1 atom stereocenters. The zero-order valence-corrected chi connectivity index (χ0v) is 13.5. The number of hydrogen-bond donors (Lipinski definition) is 1. The smallest absolute Gasteiger partial charge is 0.328 e. The number of hydrogen-bond acceptors (Lipinski definition) is 4. The highest BCUT2D eigenvalue weighted by Crippen LogP contribution is 2.09. The highest BCUT2D eigenvalue weighted by atomic mass is 16.5. The van der Waals surface area contributed by atoms with E-state index in [1.165, 1.54) is 7.11 Å². The normalized spacial score (nSPS) is 11.8. The first-order chi connectivity index (χ1) is 10.5. The Morgan fingerprint density at radius 3 is 2.45 bits per heavy atom. The Morgan fingerprint density at radius 1 is 1.18 bits per heavy atom. The maximum atomic E-state index is 11.9. The second-order valence-corrected chi connectivity index (χ2v) is 5.54. The maximum Gasteiger partial charge on any atom is 0.328 e. The fourth-order valence-corrected chi connectivity index (χ4v) is 2.03. The van der Waals surface area contributed by atoms with Gasteiger partial charge in [0, 0.05) is 6.42 Å². The second-order valence-electron chi connectivity index (χ2n) is 5.54. The first-order valence-electron chi connectivity index (χ1n) is 7.58. The number of methoxy groups -OCH3 is 1. The molecule has 0 aromatic heterocycles. The van der Waals surface area contributed by atoms with Crippen molar-refractivity contribution >= 4 is 11.9 Å². The van der Waals surface area contributed by atoms with E-state index >= 15 is 0 Å². The Bertz CT molecular complexity index is 459. The minimum absolute atomic E-state index is 0.160. The monoisotopic (exact) mass is 307 g/mol. The van der Waals surface area contributed by atoms with Crippen LogP contribution in [0.4, 0.5) is 0 Å². The number of esters is 1. The number of carbonyl (C=O) groups is 2. The lowest BCUT2D eigenvalue weighted by Gasteiger charge is -2.18. The molecule has 1 aromatic rings. The highest BCUT2D eigenvalue weighted by molar-refractivity contribution is 5.84. The van der Waals surface area contributed by atoms with Crippen molar-refractivity contribution in [3.63, 3.8) is 0 Å². The van der Waals surface area contributed by atoms with Crippen LogP contribution in [-0.2, 0) is 14.3 Å². The summed E-state index contributed by atoms with van der Waals surface area (Å²) in [5.41, 5.74) is 0. The van der Waals surface area contributed by atoms with Crippen molar-refractivity contribution in [2.24, 2.45) is 5.92 Å². The molecular weight excluding hydrogens is 282 g/mol. The van der Waals surface area contributed by atoms with Crippen LogP contribution in [0, 0.1) is 5.92 Å². The minimum atomic E-state index is -0.576. The van der Waals surface area contributed by atoms with Gasteiger partial charge in [-0.25, -0.2) is 4.79 Å². The molecule has 22 heavy (non-hydrogen) atoms. The van der Waals surface area contributed by atoms with Crippen molar-refractivity contribution in [1.82, 2.24) is 5.32 Å². The predicted molar refractivity (Wildman–Crippen MR) is 84.6 cm³/mol. The Labute approximate surface area is 132 Å². The molecule has 0 aliphatic rings. The maximum absolute atomic E-state index is 11.9. The third kappa shape index (κ3) is 7.11. The molecule has 0 bridgehead atoms. The van der Waals surface area contributed by atoms with Crippen molar-refractivity contribution in [3.05, 3.63) is 30.3 Å². The number of amides is 1. The van der Waals surface area contributed by atoms with Crippen LogP contribution in [0.5, 0.6) is 5.75 Å². The SMILES string of the molecule is COC(=O)C(CC(C)C)NC(=O)CCCOc1ccccc1. The molecule has 1 unspecified atom stereocenters. The Hall–Kier alpha value is -2.04. The largest absolute Gasteiger partial charge is 0.494 e. The molecule has 1 N–H and O–H groups in total. The summed E-state index contributed by atoms with van der Waals surface area (Å²) in [6.45, 7) is 4.45. The minimum Gasteiger partial charge on any atom is -0.494 e. The van der Waals surface area contributed by atoms with Crippen LogP contribution in [0.15, 0.2) is 30.3 Å². The van der Waals surface area contributed by atoms with Gasteiger partial charge in [0.05, 0.1) is 13.7 Å². The van der Waals surface area contributed by atoms with E-state index in [1.54, 1.807) is 0 Å². The summed E-state index contributed by atoms with van der Waals surface area (Å²) in [6.07, 6.45) is 1.48. The number of rotatable bonds is 9. The number of para-hydroxylation sites is 1. The molecule has 1 amide bonds. The van der Waals surface area contributed by atoms with Crippen LogP contribution in [-0.4, -0.2) is 31.6 Å². The van der Waals surface area contributed by atoms with Gasteiger partial charge in [-0.15, -0.1) is 0 Å². The summed E-state index contributed by atoms with van der Waals surface area (Å²) in [6, 6.07) is 8.88. The van der Waals surface area contributed by atoms with Gasteiger partial charge >= 0.3 is 5.97 Å². The third-order valence-corrected chi connectivity index (χ3v) is 3.09. The number of nitrogens with one attached hydrogen (secondary N) is 1. The van der Waals surface area contributed by atoms with Crippen LogP contribution >= 0.6 is 0 Å². The van der Waals surface area contributed by atoms with E-state index in [0.29, 0.717) is 31.8 Å². The van der Waals surface area contributed by atoms with Crippen LogP contribution in [0.25, 0.3) is 0 Å². The van der Waals surface area contributed by atoms with Crippen LogP contribution in [0.3, 0.4) is 0 Å². The molecule has 0 radical (unpaired) electrons. The Morgan fingerprint density at radius 2 is 1.86 bits per heavy atom. The zero-order chi connectivity index (χ0) is 16.4. The van der Waals surface area contributed by atoms with Gasteiger partial charge in [0.2, 0.25) is 5.91 Å². The summed E-state index contributed by atoms with van der Waals surface area (Å²) in [7, 11) is 1.33. The van der Waals surface area contributed by atoms with Crippen LogP contribution in [0.2, 0.25) is 0 Å². The average molecular weight is 307 g/mol. The van der Waals surface area contributed by atoms with Gasteiger partial charge in [-0.05, 0) is 30.9 Å². The fraction of sp³-hybridized carbons (Fsp3) is 0.529. The average Bonchev–Trinajstić information content (AvgIpc) is 2.50. The number of ether oxygens (including phenoxy) is 2. The van der Waals surface area contributed by atoms with E-state index in [1.807, 2.05) is 44.2 Å². The number of benzene rings is 1. The third-order valence-electron chi connectivity index (χ3n) is 3.09. The fourth-order valence-electron chi connectivity index (χ4n) is 2.03. The quantitative estimate of drug-likeness (QED) is 0.562. The Balaban J connectivity index is 2.29. The van der Waals surface area contributed by atoms with E-state index in [0.717, 1.165) is 5.75 Å². The zero-order valence-electron chi connectivity index (χ0n) is 13.5.